The number of nitrogens with one attached hydrogen (secondary N) is 1. The quantitative estimate of drug-likeness (QED) is 0.783. The van der Waals surface area contributed by atoms with Crippen LogP contribution in [0.5, 0.6) is 0 Å². The standard InChI is InChI=1S/C15H25N3/c1-16-14(12-13-6-4-3-5-7-13)8-9-15-10-11-17-18(15)2/h6,10-11,14,16H,3-5,7-9,12H2,1-2H3. The fourth-order valence-corrected chi connectivity index (χ4v) is 2.72. The van der Waals surface area contributed by atoms with Crippen LogP contribution in [-0.4, -0.2) is 22.9 Å². The smallest absolute Gasteiger partial charge is 0.0492 e. The lowest BCUT2D eigenvalue weighted by Gasteiger charge is -2.20. The lowest BCUT2D eigenvalue weighted by Crippen LogP contribution is -2.26. The molecule has 1 aliphatic carbocycles. The van der Waals surface area contributed by atoms with Gasteiger partial charge in [-0.2, -0.15) is 5.10 Å². The van der Waals surface area contributed by atoms with Gasteiger partial charge in [0.05, 0.1) is 0 Å². The second-order valence-corrected chi connectivity index (χ2v) is 5.28. The molecule has 0 saturated carbocycles. The van der Waals surface area contributed by atoms with Crippen LogP contribution in [0.25, 0.3) is 0 Å². The van der Waals surface area contributed by atoms with Gasteiger partial charge >= 0.3 is 0 Å². The molecule has 1 heterocycles. The molecule has 1 aromatic heterocycles. The summed E-state index contributed by atoms with van der Waals surface area (Å²) in [4.78, 5) is 0. The summed E-state index contributed by atoms with van der Waals surface area (Å²) in [7, 11) is 4.10. The first-order valence-corrected chi connectivity index (χ1v) is 7.11. The molecule has 0 amide bonds. The van der Waals surface area contributed by atoms with Crippen molar-refractivity contribution in [2.24, 2.45) is 7.05 Å². The highest BCUT2D eigenvalue weighted by molar-refractivity contribution is 5.08. The number of hydrogen-bond donors (Lipinski definition) is 1. The maximum Gasteiger partial charge on any atom is 0.0492 e. The lowest BCUT2D eigenvalue weighted by atomic mass is 9.92. The van der Waals surface area contributed by atoms with Gasteiger partial charge < -0.3 is 5.32 Å². The van der Waals surface area contributed by atoms with Crippen molar-refractivity contribution < 1.29 is 0 Å². The van der Waals surface area contributed by atoms with Crippen molar-refractivity contribution in [3.63, 3.8) is 0 Å². The zero-order chi connectivity index (χ0) is 12.8. The minimum Gasteiger partial charge on any atom is -0.317 e. The number of hydrogen-bond acceptors (Lipinski definition) is 2. The highest BCUT2D eigenvalue weighted by atomic mass is 15.2. The molecular weight excluding hydrogens is 222 g/mol. The van der Waals surface area contributed by atoms with Crippen LogP contribution in [0.3, 0.4) is 0 Å². The average molecular weight is 247 g/mol. The van der Waals surface area contributed by atoms with Gasteiger partial charge in [0, 0.05) is 25.0 Å². The predicted molar refractivity (Wildman–Crippen MR) is 75.5 cm³/mol. The van der Waals surface area contributed by atoms with E-state index in [2.05, 4.69) is 29.6 Å². The largest absolute Gasteiger partial charge is 0.317 e. The first-order chi connectivity index (χ1) is 8.79. The third-order valence-corrected chi connectivity index (χ3v) is 3.97. The van der Waals surface area contributed by atoms with Gasteiger partial charge in [-0.25, -0.2) is 0 Å². The summed E-state index contributed by atoms with van der Waals surface area (Å²) in [5.41, 5.74) is 2.98. The first kappa shape index (κ1) is 13.3. The van der Waals surface area contributed by atoms with E-state index in [0.29, 0.717) is 6.04 Å². The Morgan fingerprint density at radius 1 is 1.44 bits per heavy atom. The molecule has 1 aliphatic rings. The van der Waals surface area contributed by atoms with Gasteiger partial charge in [-0.15, -0.1) is 0 Å². The number of aromatic nitrogens is 2. The first-order valence-electron chi connectivity index (χ1n) is 7.11. The summed E-state index contributed by atoms with van der Waals surface area (Å²) in [6.07, 6.45) is 13.2. The Bertz CT molecular complexity index is 392. The zero-order valence-electron chi connectivity index (χ0n) is 11.7. The van der Waals surface area contributed by atoms with E-state index in [1.165, 1.54) is 44.2 Å². The maximum absolute atomic E-state index is 4.22. The van der Waals surface area contributed by atoms with Crippen LogP contribution in [0.4, 0.5) is 0 Å². The second kappa shape index (κ2) is 6.74. The van der Waals surface area contributed by atoms with Crippen LogP contribution >= 0.6 is 0 Å². The third kappa shape index (κ3) is 3.70. The van der Waals surface area contributed by atoms with E-state index in [4.69, 9.17) is 0 Å². The highest BCUT2D eigenvalue weighted by Gasteiger charge is 2.12. The molecule has 1 aromatic rings. The molecule has 18 heavy (non-hydrogen) atoms. The monoisotopic (exact) mass is 247 g/mol. The zero-order valence-corrected chi connectivity index (χ0v) is 11.7. The lowest BCUT2D eigenvalue weighted by molar-refractivity contribution is 0.495. The second-order valence-electron chi connectivity index (χ2n) is 5.28. The topological polar surface area (TPSA) is 29.9 Å². The number of nitrogens with zero attached hydrogens (tertiary/aromatic N) is 2. The van der Waals surface area contributed by atoms with Crippen LogP contribution in [0.15, 0.2) is 23.9 Å². The van der Waals surface area contributed by atoms with E-state index in [-0.39, 0.29) is 0 Å². The van der Waals surface area contributed by atoms with E-state index in [1.54, 1.807) is 5.57 Å². The summed E-state index contributed by atoms with van der Waals surface area (Å²) in [5, 5.41) is 7.68. The summed E-state index contributed by atoms with van der Waals surface area (Å²) < 4.78 is 1.98. The van der Waals surface area contributed by atoms with Gasteiger partial charge in [0.1, 0.15) is 0 Å². The van der Waals surface area contributed by atoms with E-state index in [1.807, 2.05) is 17.9 Å². The fraction of sp³-hybridized carbons (Fsp3) is 0.667. The van der Waals surface area contributed by atoms with E-state index < -0.39 is 0 Å². The molecule has 0 bridgehead atoms. The van der Waals surface area contributed by atoms with E-state index in [9.17, 15) is 0 Å². The molecule has 0 spiro atoms. The fourth-order valence-electron chi connectivity index (χ4n) is 2.72. The SMILES string of the molecule is CNC(CCc1ccnn1C)CC1=CCCCC1. The molecule has 3 nitrogen and oxygen atoms in total. The molecule has 0 aromatic carbocycles. The number of aryl methyl sites for hydroxylation is 2. The van der Waals surface area contributed by atoms with Crippen molar-refractivity contribution in [1.29, 1.82) is 0 Å². The molecule has 0 saturated heterocycles. The highest BCUT2D eigenvalue weighted by Crippen LogP contribution is 2.22. The third-order valence-electron chi connectivity index (χ3n) is 3.97. The molecule has 3 heteroatoms. The Labute approximate surface area is 110 Å². The Morgan fingerprint density at radius 3 is 2.94 bits per heavy atom. The van der Waals surface area contributed by atoms with Crippen molar-refractivity contribution in [3.05, 3.63) is 29.6 Å². The molecule has 100 valence electrons. The van der Waals surface area contributed by atoms with Crippen LogP contribution in [0.2, 0.25) is 0 Å². The van der Waals surface area contributed by atoms with Crippen LogP contribution in [0.1, 0.15) is 44.2 Å². The molecule has 1 unspecified atom stereocenters. The molecule has 0 aliphatic heterocycles. The minimum atomic E-state index is 0.601. The van der Waals surface area contributed by atoms with Gasteiger partial charge in [-0.05, 0) is 58.1 Å². The summed E-state index contributed by atoms with van der Waals surface area (Å²) in [6.45, 7) is 0. The summed E-state index contributed by atoms with van der Waals surface area (Å²) in [6, 6.07) is 2.72. The molecule has 1 N–H and O–H groups in total. The van der Waals surface area contributed by atoms with Gasteiger partial charge in [-0.1, -0.05) is 11.6 Å². The molecular formula is C15H25N3. The Morgan fingerprint density at radius 2 is 2.33 bits per heavy atom. The van der Waals surface area contributed by atoms with Crippen molar-refractivity contribution in [2.75, 3.05) is 7.05 Å². The average Bonchev–Trinajstić information content (AvgIpc) is 2.81. The predicted octanol–water partition coefficient (Wildman–Crippen LogP) is 2.83. The summed E-state index contributed by atoms with van der Waals surface area (Å²) >= 11 is 0. The van der Waals surface area contributed by atoms with Crippen LogP contribution in [0, 0.1) is 0 Å². The van der Waals surface area contributed by atoms with Gasteiger partial charge in [0.15, 0.2) is 0 Å². The summed E-state index contributed by atoms with van der Waals surface area (Å²) in [5.74, 6) is 0. The van der Waals surface area contributed by atoms with E-state index >= 15 is 0 Å². The number of allylic oxidation sites excluding steroid dienone is 1. The van der Waals surface area contributed by atoms with Gasteiger partial charge in [0.25, 0.3) is 0 Å². The molecule has 0 fully saturated rings. The molecule has 2 rings (SSSR count). The van der Waals surface area contributed by atoms with Crippen LogP contribution in [-0.2, 0) is 13.5 Å². The normalized spacial score (nSPS) is 17.6. The maximum atomic E-state index is 4.22. The minimum absolute atomic E-state index is 0.601. The van der Waals surface area contributed by atoms with Gasteiger partial charge in [-0.3, -0.25) is 4.68 Å². The van der Waals surface area contributed by atoms with Crippen molar-refractivity contribution in [2.45, 2.75) is 51.0 Å². The van der Waals surface area contributed by atoms with Crippen molar-refractivity contribution in [3.8, 4) is 0 Å². The van der Waals surface area contributed by atoms with Crippen molar-refractivity contribution >= 4 is 0 Å². The molecule has 1 atom stereocenters. The Balaban J connectivity index is 1.82. The Hall–Kier alpha value is -1.09. The molecule has 0 radical (unpaired) electrons. The van der Waals surface area contributed by atoms with Crippen molar-refractivity contribution in [1.82, 2.24) is 15.1 Å². The number of rotatable bonds is 6. The van der Waals surface area contributed by atoms with E-state index in [0.717, 1.165) is 6.42 Å². The van der Waals surface area contributed by atoms with Gasteiger partial charge in [0.2, 0.25) is 0 Å². The van der Waals surface area contributed by atoms with Crippen LogP contribution < -0.4 is 5.32 Å². The Kier molecular flexibility index (Phi) is 5.00.